The first-order valence-corrected chi connectivity index (χ1v) is 10.1. The molecule has 0 spiro atoms. The number of rotatable bonds is 15. The van der Waals surface area contributed by atoms with Gasteiger partial charge in [0.1, 0.15) is 12.6 Å². The molecule has 1 unspecified atom stereocenters. The molecule has 0 heterocycles. The van der Waals surface area contributed by atoms with Gasteiger partial charge in [-0.05, 0) is 37.5 Å². The molecule has 0 radical (unpaired) electrons. The van der Waals surface area contributed by atoms with Crippen molar-refractivity contribution in [2.45, 2.75) is 32.4 Å². The highest BCUT2D eigenvalue weighted by molar-refractivity contribution is 5.97. The van der Waals surface area contributed by atoms with E-state index in [1.807, 2.05) is 0 Å². The summed E-state index contributed by atoms with van der Waals surface area (Å²) in [4.78, 5) is 57.6. The van der Waals surface area contributed by atoms with Crippen molar-refractivity contribution in [3.8, 4) is 0 Å². The lowest BCUT2D eigenvalue weighted by molar-refractivity contribution is -0.130. The van der Waals surface area contributed by atoms with Gasteiger partial charge in [0.2, 0.25) is 24.1 Å². The van der Waals surface area contributed by atoms with Gasteiger partial charge in [0.25, 0.3) is 0 Å². The Morgan fingerprint density at radius 3 is 2.44 bits per heavy atom. The Labute approximate surface area is 186 Å². The Kier molecular flexibility index (Phi) is 12.5. The monoisotopic (exact) mass is 450 g/mol. The number of anilines is 1. The van der Waals surface area contributed by atoms with Gasteiger partial charge in [-0.1, -0.05) is 12.1 Å². The van der Waals surface area contributed by atoms with Crippen LogP contribution in [0.4, 0.5) is 10.5 Å². The maximum Gasteiger partial charge on any atom is 0.312 e. The Bertz CT molecular complexity index is 770. The van der Waals surface area contributed by atoms with Gasteiger partial charge in [0.15, 0.2) is 0 Å². The molecule has 0 aliphatic heterocycles. The van der Waals surface area contributed by atoms with Crippen LogP contribution >= 0.6 is 0 Å². The van der Waals surface area contributed by atoms with Crippen LogP contribution in [0.2, 0.25) is 0 Å². The second kappa shape index (κ2) is 15.2. The van der Waals surface area contributed by atoms with Crippen LogP contribution in [0.3, 0.4) is 0 Å². The Balaban J connectivity index is 2.66. The number of benzene rings is 1. The Morgan fingerprint density at radius 1 is 1.09 bits per heavy atom. The first kappa shape index (κ1) is 26.4. The predicted molar refractivity (Wildman–Crippen MR) is 116 cm³/mol. The van der Waals surface area contributed by atoms with Crippen LogP contribution in [-0.2, 0) is 30.5 Å². The van der Waals surface area contributed by atoms with Crippen LogP contribution in [0.5, 0.6) is 0 Å². The van der Waals surface area contributed by atoms with E-state index in [9.17, 15) is 24.0 Å². The summed E-state index contributed by atoms with van der Waals surface area (Å²) in [6.45, 7) is 2.23. The van der Waals surface area contributed by atoms with Crippen LogP contribution in [0, 0.1) is 0 Å². The van der Waals surface area contributed by atoms with Gasteiger partial charge >= 0.3 is 6.03 Å². The number of hydrogen-bond donors (Lipinski definition) is 6. The number of hydrogen-bond acceptors (Lipinski definition) is 6. The minimum Gasteiger partial charge on any atom is -0.372 e. The molecule has 0 aliphatic carbocycles. The number of nitrogens with one attached hydrogen (secondary N) is 5. The molecule has 1 aromatic carbocycles. The molecule has 0 saturated carbocycles. The highest BCUT2D eigenvalue weighted by Gasteiger charge is 2.21. The molecule has 1 aromatic rings. The fourth-order valence-electron chi connectivity index (χ4n) is 2.55. The van der Waals surface area contributed by atoms with Crippen molar-refractivity contribution in [1.29, 1.82) is 0 Å². The molecule has 1 rings (SSSR count). The minimum atomic E-state index is -0.905. The fourth-order valence-corrected chi connectivity index (χ4v) is 2.55. The van der Waals surface area contributed by atoms with E-state index in [-0.39, 0.29) is 26.1 Å². The van der Waals surface area contributed by atoms with Crippen molar-refractivity contribution in [3.63, 3.8) is 0 Å². The van der Waals surface area contributed by atoms with Gasteiger partial charge in [-0.15, -0.1) is 0 Å². The van der Waals surface area contributed by atoms with Crippen molar-refractivity contribution in [1.82, 2.24) is 21.3 Å². The van der Waals surface area contributed by atoms with Crippen LogP contribution in [0.15, 0.2) is 24.3 Å². The van der Waals surface area contributed by atoms with E-state index in [0.717, 1.165) is 5.56 Å². The number of urea groups is 1. The van der Waals surface area contributed by atoms with E-state index < -0.39 is 29.8 Å². The van der Waals surface area contributed by atoms with Gasteiger partial charge in [-0.3, -0.25) is 19.2 Å². The molecule has 32 heavy (non-hydrogen) atoms. The third-order valence-corrected chi connectivity index (χ3v) is 4.11. The van der Waals surface area contributed by atoms with E-state index in [1.165, 1.54) is 0 Å². The second-order valence-corrected chi connectivity index (χ2v) is 6.65. The minimum absolute atomic E-state index is 0.162. The lowest BCUT2D eigenvalue weighted by Gasteiger charge is -2.19. The van der Waals surface area contributed by atoms with Gasteiger partial charge < -0.3 is 37.1 Å². The predicted octanol–water partition coefficient (Wildman–Crippen LogP) is -1.04. The normalized spacial score (nSPS) is 11.0. The molecular formula is C20H30N6O6. The zero-order chi connectivity index (χ0) is 23.8. The summed E-state index contributed by atoms with van der Waals surface area (Å²) < 4.78 is 4.95. The van der Waals surface area contributed by atoms with Crippen molar-refractivity contribution in [2.75, 3.05) is 31.6 Å². The summed E-state index contributed by atoms with van der Waals surface area (Å²) in [5, 5.41) is 12.6. The highest BCUT2D eigenvalue weighted by atomic mass is 16.5. The van der Waals surface area contributed by atoms with E-state index in [2.05, 4.69) is 26.6 Å². The third kappa shape index (κ3) is 11.5. The lowest BCUT2D eigenvalue weighted by Crippen LogP contribution is -2.48. The first-order chi connectivity index (χ1) is 15.3. The average Bonchev–Trinajstić information content (AvgIpc) is 2.77. The summed E-state index contributed by atoms with van der Waals surface area (Å²) in [5.41, 5.74) is 6.38. The number of primary amides is 1. The zero-order valence-corrected chi connectivity index (χ0v) is 17.9. The zero-order valence-electron chi connectivity index (χ0n) is 17.9. The second-order valence-electron chi connectivity index (χ2n) is 6.65. The van der Waals surface area contributed by atoms with Crippen molar-refractivity contribution >= 4 is 35.9 Å². The first-order valence-electron chi connectivity index (χ1n) is 10.1. The smallest absolute Gasteiger partial charge is 0.312 e. The highest BCUT2D eigenvalue weighted by Crippen LogP contribution is 2.11. The summed E-state index contributed by atoms with van der Waals surface area (Å²) in [6, 6.07) is 5.23. The maximum atomic E-state index is 12.7. The summed E-state index contributed by atoms with van der Waals surface area (Å²) in [5.74, 6) is -1.46. The molecule has 1 atom stereocenters. The van der Waals surface area contributed by atoms with Gasteiger partial charge in [0, 0.05) is 25.4 Å². The van der Waals surface area contributed by atoms with E-state index in [0.29, 0.717) is 31.7 Å². The molecule has 0 aromatic heterocycles. The SMILES string of the molecule is CCOCC(=O)NCC(=O)NC(CCCNC(N)=O)C(=O)Nc1ccc(CNC=O)cc1. The summed E-state index contributed by atoms with van der Waals surface area (Å²) >= 11 is 0. The van der Waals surface area contributed by atoms with Gasteiger partial charge in [0.05, 0.1) is 6.54 Å². The molecule has 176 valence electrons. The van der Waals surface area contributed by atoms with E-state index in [4.69, 9.17) is 10.5 Å². The van der Waals surface area contributed by atoms with E-state index in [1.54, 1.807) is 31.2 Å². The number of nitrogens with two attached hydrogens (primary N) is 1. The van der Waals surface area contributed by atoms with Crippen LogP contribution in [0.1, 0.15) is 25.3 Å². The Morgan fingerprint density at radius 2 is 1.81 bits per heavy atom. The van der Waals surface area contributed by atoms with Crippen molar-refractivity contribution in [2.24, 2.45) is 5.73 Å². The largest absolute Gasteiger partial charge is 0.372 e. The summed E-state index contributed by atoms with van der Waals surface area (Å²) in [6.07, 6.45) is 1.20. The van der Waals surface area contributed by atoms with Crippen molar-refractivity contribution in [3.05, 3.63) is 29.8 Å². The van der Waals surface area contributed by atoms with E-state index >= 15 is 0 Å². The number of carbonyl (C=O) groups is 5. The molecule has 0 aliphatic rings. The van der Waals surface area contributed by atoms with Gasteiger partial charge in [-0.2, -0.15) is 0 Å². The number of amides is 6. The standard InChI is InChI=1S/C20H30N6O6/c1-2-32-12-18(29)24-11-17(28)26-16(4-3-9-23-20(21)31)19(30)25-15-7-5-14(6-8-15)10-22-13-27/h5-8,13,16H,2-4,9-12H2,1H3,(H,22,27)(H,24,29)(H,25,30)(H,26,28)(H3,21,23,31). The summed E-state index contributed by atoms with van der Waals surface area (Å²) in [7, 11) is 0. The quantitative estimate of drug-likeness (QED) is 0.147. The molecule has 0 saturated heterocycles. The van der Waals surface area contributed by atoms with Crippen LogP contribution in [0.25, 0.3) is 0 Å². The molecule has 0 fully saturated rings. The van der Waals surface area contributed by atoms with Crippen LogP contribution in [-0.4, -0.2) is 62.5 Å². The third-order valence-electron chi connectivity index (χ3n) is 4.11. The Hall–Kier alpha value is -3.67. The lowest BCUT2D eigenvalue weighted by atomic mass is 10.1. The molecular weight excluding hydrogens is 420 g/mol. The van der Waals surface area contributed by atoms with Crippen molar-refractivity contribution < 1.29 is 28.7 Å². The molecule has 7 N–H and O–H groups in total. The fraction of sp³-hybridized carbons (Fsp3) is 0.450. The number of carbonyl (C=O) groups excluding carboxylic acids is 5. The van der Waals surface area contributed by atoms with Crippen LogP contribution < -0.4 is 32.3 Å². The topological polar surface area (TPSA) is 181 Å². The molecule has 0 bridgehead atoms. The molecule has 6 amide bonds. The maximum absolute atomic E-state index is 12.7. The van der Waals surface area contributed by atoms with Gasteiger partial charge in [-0.25, -0.2) is 4.79 Å². The number of ether oxygens (including phenoxy) is 1. The molecule has 12 heteroatoms. The molecule has 12 nitrogen and oxygen atoms in total. The average molecular weight is 450 g/mol.